The van der Waals surface area contributed by atoms with Gasteiger partial charge in [-0.2, -0.15) is 0 Å². The third kappa shape index (κ3) is 3.17. The largest absolute Gasteiger partial charge is 0.396 e. The summed E-state index contributed by atoms with van der Waals surface area (Å²) >= 11 is 0. The number of nitrogens with two attached hydrogens (primary N) is 1. The molecule has 0 radical (unpaired) electrons. The molecule has 17 heavy (non-hydrogen) atoms. The lowest BCUT2D eigenvalue weighted by molar-refractivity contribution is 0.244. The predicted octanol–water partition coefficient (Wildman–Crippen LogP) is 1.14. The fraction of sp³-hybridized carbons (Fsp3) is 0.615. The van der Waals surface area contributed by atoms with Gasteiger partial charge in [0.15, 0.2) is 0 Å². The van der Waals surface area contributed by atoms with Crippen LogP contribution in [0.3, 0.4) is 0 Å². The minimum absolute atomic E-state index is 0.290. The Morgan fingerprint density at radius 1 is 1.47 bits per heavy atom. The van der Waals surface area contributed by atoms with Crippen molar-refractivity contribution in [2.45, 2.75) is 25.8 Å². The zero-order valence-electron chi connectivity index (χ0n) is 10.2. The zero-order chi connectivity index (χ0) is 12.1. The third-order valence-electron chi connectivity index (χ3n) is 3.43. The van der Waals surface area contributed by atoms with Crippen LogP contribution < -0.4 is 10.6 Å². The van der Waals surface area contributed by atoms with Crippen LogP contribution in [0.2, 0.25) is 0 Å². The van der Waals surface area contributed by atoms with Crippen molar-refractivity contribution in [2.75, 3.05) is 24.6 Å². The van der Waals surface area contributed by atoms with Gasteiger partial charge >= 0.3 is 0 Å². The van der Waals surface area contributed by atoms with Crippen LogP contribution in [0.5, 0.6) is 0 Å². The molecule has 0 aliphatic carbocycles. The molecule has 4 nitrogen and oxygen atoms in total. The molecule has 0 saturated carbocycles. The van der Waals surface area contributed by atoms with Gasteiger partial charge in [-0.05, 0) is 36.8 Å². The summed E-state index contributed by atoms with van der Waals surface area (Å²) < 4.78 is 0. The van der Waals surface area contributed by atoms with Gasteiger partial charge in [-0.15, -0.1) is 0 Å². The summed E-state index contributed by atoms with van der Waals surface area (Å²) in [5, 5.41) is 9.00. The van der Waals surface area contributed by atoms with Crippen molar-refractivity contribution < 1.29 is 5.11 Å². The number of aliphatic hydroxyl groups is 1. The minimum Gasteiger partial charge on any atom is -0.396 e. The summed E-state index contributed by atoms with van der Waals surface area (Å²) in [5.74, 6) is 1.63. The first-order valence-electron chi connectivity index (χ1n) is 6.34. The maximum atomic E-state index is 9.00. The average molecular weight is 235 g/mol. The number of aromatic nitrogens is 1. The van der Waals surface area contributed by atoms with Gasteiger partial charge in [0, 0.05) is 32.4 Å². The molecule has 1 fully saturated rings. The highest BCUT2D eigenvalue weighted by Crippen LogP contribution is 2.23. The smallest absolute Gasteiger partial charge is 0.128 e. The molecule has 0 spiro atoms. The summed E-state index contributed by atoms with van der Waals surface area (Å²) in [6, 6.07) is 4.08. The first-order chi connectivity index (χ1) is 8.33. The molecule has 1 saturated heterocycles. The Morgan fingerprint density at radius 2 is 2.35 bits per heavy atom. The summed E-state index contributed by atoms with van der Waals surface area (Å²) in [5.41, 5.74) is 6.63. The number of anilines is 1. The van der Waals surface area contributed by atoms with E-state index in [0.29, 0.717) is 12.5 Å². The highest BCUT2D eigenvalue weighted by atomic mass is 16.3. The number of aliphatic hydroxyl groups excluding tert-OH is 1. The lowest BCUT2D eigenvalue weighted by Crippen LogP contribution is -2.36. The molecule has 2 heterocycles. The molecule has 4 heteroatoms. The van der Waals surface area contributed by atoms with Gasteiger partial charge in [0.1, 0.15) is 5.82 Å². The van der Waals surface area contributed by atoms with E-state index in [9.17, 15) is 0 Å². The monoisotopic (exact) mass is 235 g/mol. The number of hydrogen-bond donors (Lipinski definition) is 2. The summed E-state index contributed by atoms with van der Waals surface area (Å²) in [4.78, 5) is 6.76. The van der Waals surface area contributed by atoms with E-state index in [0.717, 1.165) is 30.9 Å². The van der Waals surface area contributed by atoms with Crippen molar-refractivity contribution in [1.82, 2.24) is 4.98 Å². The molecule has 0 bridgehead atoms. The van der Waals surface area contributed by atoms with E-state index in [4.69, 9.17) is 10.8 Å². The second-order valence-electron chi connectivity index (χ2n) is 4.70. The molecule has 1 unspecified atom stereocenters. The van der Waals surface area contributed by atoms with Crippen LogP contribution in [-0.2, 0) is 6.54 Å². The van der Waals surface area contributed by atoms with Gasteiger partial charge in [-0.3, -0.25) is 0 Å². The highest BCUT2D eigenvalue weighted by molar-refractivity contribution is 5.39. The molecule has 1 aliphatic heterocycles. The average Bonchev–Trinajstić information content (AvgIpc) is 2.40. The quantitative estimate of drug-likeness (QED) is 0.821. The van der Waals surface area contributed by atoms with Crippen molar-refractivity contribution >= 4 is 5.82 Å². The van der Waals surface area contributed by atoms with E-state index in [1.54, 1.807) is 0 Å². The summed E-state index contributed by atoms with van der Waals surface area (Å²) in [6.45, 7) is 2.91. The summed E-state index contributed by atoms with van der Waals surface area (Å²) in [6.07, 6.45) is 5.16. The molecule has 3 N–H and O–H groups in total. The van der Waals surface area contributed by atoms with Crippen LogP contribution >= 0.6 is 0 Å². The van der Waals surface area contributed by atoms with Crippen molar-refractivity contribution in [3.8, 4) is 0 Å². The number of pyridine rings is 1. The van der Waals surface area contributed by atoms with Crippen LogP contribution in [0.1, 0.15) is 24.8 Å². The number of rotatable bonds is 4. The number of nitrogens with zero attached hydrogens (tertiary/aromatic N) is 2. The van der Waals surface area contributed by atoms with Crippen LogP contribution in [0.4, 0.5) is 5.82 Å². The Morgan fingerprint density at radius 3 is 3.00 bits per heavy atom. The molecular formula is C13H21N3O. The van der Waals surface area contributed by atoms with Crippen LogP contribution in [0.25, 0.3) is 0 Å². The molecule has 1 aliphatic rings. The first-order valence-corrected chi connectivity index (χ1v) is 6.34. The number of piperidine rings is 1. The minimum atomic E-state index is 0.290. The Labute approximate surface area is 102 Å². The van der Waals surface area contributed by atoms with Gasteiger partial charge in [0.25, 0.3) is 0 Å². The Hall–Kier alpha value is -1.13. The van der Waals surface area contributed by atoms with Crippen molar-refractivity contribution in [1.29, 1.82) is 0 Å². The van der Waals surface area contributed by atoms with Gasteiger partial charge in [-0.1, -0.05) is 6.07 Å². The van der Waals surface area contributed by atoms with E-state index in [1.807, 2.05) is 18.3 Å². The maximum absolute atomic E-state index is 9.00. The van der Waals surface area contributed by atoms with E-state index >= 15 is 0 Å². The SMILES string of the molecule is NCc1ccc(N2CCCC(CCO)C2)nc1. The second kappa shape index (κ2) is 5.98. The molecule has 1 atom stereocenters. The van der Waals surface area contributed by atoms with Gasteiger partial charge in [0.2, 0.25) is 0 Å². The van der Waals surface area contributed by atoms with Crippen LogP contribution in [0, 0.1) is 5.92 Å². The summed E-state index contributed by atoms with van der Waals surface area (Å²) in [7, 11) is 0. The van der Waals surface area contributed by atoms with Gasteiger partial charge in [-0.25, -0.2) is 4.98 Å². The van der Waals surface area contributed by atoms with E-state index in [2.05, 4.69) is 9.88 Å². The van der Waals surface area contributed by atoms with Gasteiger partial charge < -0.3 is 15.7 Å². The Bertz CT molecular complexity index is 337. The van der Waals surface area contributed by atoms with E-state index in [1.165, 1.54) is 12.8 Å². The lowest BCUT2D eigenvalue weighted by Gasteiger charge is -2.33. The third-order valence-corrected chi connectivity index (χ3v) is 3.43. The van der Waals surface area contributed by atoms with Crippen LogP contribution in [0.15, 0.2) is 18.3 Å². The molecule has 0 aromatic carbocycles. The van der Waals surface area contributed by atoms with E-state index in [-0.39, 0.29) is 6.61 Å². The molecule has 94 valence electrons. The molecule has 0 amide bonds. The lowest BCUT2D eigenvalue weighted by atomic mass is 9.95. The van der Waals surface area contributed by atoms with Crippen LogP contribution in [-0.4, -0.2) is 29.8 Å². The Balaban J connectivity index is 2.00. The first kappa shape index (κ1) is 12.3. The standard InChI is InChI=1S/C13H21N3O/c14-8-12-3-4-13(15-9-12)16-6-1-2-11(10-16)5-7-17/h3-4,9,11,17H,1-2,5-8,10,14H2. The second-order valence-corrected chi connectivity index (χ2v) is 4.70. The van der Waals surface area contributed by atoms with Crippen molar-refractivity contribution in [3.05, 3.63) is 23.9 Å². The van der Waals surface area contributed by atoms with E-state index < -0.39 is 0 Å². The fourth-order valence-electron chi connectivity index (χ4n) is 2.42. The normalized spacial score (nSPS) is 20.6. The van der Waals surface area contributed by atoms with Crippen molar-refractivity contribution in [2.24, 2.45) is 11.7 Å². The molecule has 1 aromatic rings. The predicted molar refractivity (Wildman–Crippen MR) is 68.8 cm³/mol. The zero-order valence-corrected chi connectivity index (χ0v) is 10.2. The maximum Gasteiger partial charge on any atom is 0.128 e. The van der Waals surface area contributed by atoms with Crippen molar-refractivity contribution in [3.63, 3.8) is 0 Å². The molecule has 1 aromatic heterocycles. The fourth-order valence-corrected chi connectivity index (χ4v) is 2.42. The van der Waals surface area contributed by atoms with Gasteiger partial charge in [0.05, 0.1) is 0 Å². The molecular weight excluding hydrogens is 214 g/mol. The highest BCUT2D eigenvalue weighted by Gasteiger charge is 2.20. The number of hydrogen-bond acceptors (Lipinski definition) is 4. The molecule has 2 rings (SSSR count). The topological polar surface area (TPSA) is 62.4 Å². The Kier molecular flexibility index (Phi) is 4.34.